The molecule has 0 bridgehead atoms. The summed E-state index contributed by atoms with van der Waals surface area (Å²) in [4.78, 5) is 14.4. The predicted molar refractivity (Wildman–Crippen MR) is 68.3 cm³/mol. The third-order valence-electron chi connectivity index (χ3n) is 2.69. The molecule has 0 amide bonds. The van der Waals surface area contributed by atoms with Gasteiger partial charge in [-0.1, -0.05) is 0 Å². The average molecular weight is 315 g/mol. The summed E-state index contributed by atoms with van der Waals surface area (Å²) < 4.78 is 59.9. The molecule has 4 nitrogen and oxygen atoms in total. The molecule has 0 unspecified atom stereocenters. The Bertz CT molecular complexity index is 701. The molecule has 0 fully saturated rings. The molecule has 0 radical (unpaired) electrons. The van der Waals surface area contributed by atoms with E-state index in [-0.39, 0.29) is 22.6 Å². The smallest absolute Gasteiger partial charge is 0.481 e. The molecule has 0 saturated heterocycles. The maximum atomic E-state index is 13.9. The molecule has 0 saturated carbocycles. The fourth-order valence-corrected chi connectivity index (χ4v) is 1.78. The highest BCUT2D eigenvalue weighted by molar-refractivity contribution is 5.82. The summed E-state index contributed by atoms with van der Waals surface area (Å²) >= 11 is 0. The summed E-state index contributed by atoms with van der Waals surface area (Å²) in [6.45, 7) is 0. The van der Waals surface area contributed by atoms with Crippen LogP contribution in [0.4, 0.5) is 17.6 Å². The van der Waals surface area contributed by atoms with E-state index in [0.29, 0.717) is 6.29 Å². The number of carbonyl (C=O) groups is 1. The van der Waals surface area contributed by atoms with E-state index in [1.165, 1.54) is 7.11 Å². The highest BCUT2D eigenvalue weighted by atomic mass is 19.4. The highest BCUT2D eigenvalue weighted by Crippen LogP contribution is 2.36. The van der Waals surface area contributed by atoms with E-state index in [1.54, 1.807) is 0 Å². The molecule has 2 aromatic rings. The molecule has 2 rings (SSSR count). The van der Waals surface area contributed by atoms with E-state index < -0.39 is 17.9 Å². The van der Waals surface area contributed by atoms with Gasteiger partial charge in [0.1, 0.15) is 17.9 Å². The number of benzene rings is 1. The molecule has 1 heterocycles. The number of rotatable bonds is 4. The Morgan fingerprint density at radius 3 is 2.50 bits per heavy atom. The van der Waals surface area contributed by atoms with Gasteiger partial charge in [-0.05, 0) is 18.2 Å². The maximum Gasteiger partial charge on any atom is 0.573 e. The van der Waals surface area contributed by atoms with Crippen molar-refractivity contribution in [2.75, 3.05) is 7.11 Å². The lowest BCUT2D eigenvalue weighted by Gasteiger charge is -2.14. The van der Waals surface area contributed by atoms with Crippen molar-refractivity contribution in [1.29, 1.82) is 0 Å². The zero-order chi connectivity index (χ0) is 16.3. The highest BCUT2D eigenvalue weighted by Gasteiger charge is 2.32. The Hall–Kier alpha value is -2.64. The molecule has 0 aliphatic carbocycles. The minimum absolute atomic E-state index is 0.00543. The molecule has 8 heteroatoms. The number of carbonyl (C=O) groups excluding carboxylic acids is 1. The summed E-state index contributed by atoms with van der Waals surface area (Å²) in [7, 11) is 1.28. The molecule has 1 aromatic heterocycles. The monoisotopic (exact) mass is 315 g/mol. The van der Waals surface area contributed by atoms with Crippen LogP contribution in [0, 0.1) is 5.82 Å². The minimum Gasteiger partial charge on any atom is -0.481 e. The van der Waals surface area contributed by atoms with Crippen LogP contribution < -0.4 is 9.47 Å². The van der Waals surface area contributed by atoms with Crippen molar-refractivity contribution < 1.29 is 31.8 Å². The SMILES string of the molecule is COc1cc(-c2cc(C=O)ccc2OC(F)(F)F)c(F)cn1. The molecular formula is C14H9F4NO3. The molecule has 22 heavy (non-hydrogen) atoms. The number of aldehydes is 1. The predicted octanol–water partition coefficient (Wildman–Crippen LogP) is 3.61. The van der Waals surface area contributed by atoms with Crippen molar-refractivity contribution in [2.24, 2.45) is 0 Å². The Morgan fingerprint density at radius 2 is 1.91 bits per heavy atom. The molecule has 0 aliphatic rings. The van der Waals surface area contributed by atoms with E-state index in [9.17, 15) is 22.4 Å². The number of alkyl halides is 3. The minimum atomic E-state index is -4.95. The van der Waals surface area contributed by atoms with Gasteiger partial charge in [0.25, 0.3) is 0 Å². The van der Waals surface area contributed by atoms with E-state index in [1.807, 2.05) is 0 Å². The van der Waals surface area contributed by atoms with Crippen LogP contribution in [0.2, 0.25) is 0 Å². The summed E-state index contributed by atoms with van der Waals surface area (Å²) in [5, 5.41) is 0. The fraction of sp³-hybridized carbons (Fsp3) is 0.143. The average Bonchev–Trinajstić information content (AvgIpc) is 2.47. The van der Waals surface area contributed by atoms with E-state index in [2.05, 4.69) is 9.72 Å². The molecule has 116 valence electrons. The van der Waals surface area contributed by atoms with Crippen molar-refractivity contribution in [3.8, 4) is 22.8 Å². The van der Waals surface area contributed by atoms with Gasteiger partial charge in [-0.2, -0.15) is 0 Å². The van der Waals surface area contributed by atoms with Crippen LogP contribution in [0.5, 0.6) is 11.6 Å². The lowest BCUT2D eigenvalue weighted by atomic mass is 10.0. The normalized spacial score (nSPS) is 11.1. The number of methoxy groups -OCH3 is 1. The van der Waals surface area contributed by atoms with Gasteiger partial charge in [0.15, 0.2) is 0 Å². The lowest BCUT2D eigenvalue weighted by Crippen LogP contribution is -2.17. The van der Waals surface area contributed by atoms with Gasteiger partial charge in [-0.25, -0.2) is 9.37 Å². The zero-order valence-electron chi connectivity index (χ0n) is 11.1. The number of ether oxygens (including phenoxy) is 2. The second-order valence-corrected chi connectivity index (χ2v) is 4.13. The van der Waals surface area contributed by atoms with Crippen LogP contribution in [0.15, 0.2) is 30.5 Å². The quantitative estimate of drug-likeness (QED) is 0.639. The molecule has 0 atom stereocenters. The van der Waals surface area contributed by atoms with Gasteiger partial charge in [0.2, 0.25) is 5.88 Å². The molecule has 1 aromatic carbocycles. The fourth-order valence-electron chi connectivity index (χ4n) is 1.78. The Kier molecular flexibility index (Phi) is 4.30. The number of nitrogens with zero attached hydrogens (tertiary/aromatic N) is 1. The van der Waals surface area contributed by atoms with Crippen LogP contribution >= 0.6 is 0 Å². The summed E-state index contributed by atoms with van der Waals surface area (Å²) in [6, 6.07) is 4.28. The summed E-state index contributed by atoms with van der Waals surface area (Å²) in [5.41, 5.74) is -0.394. The van der Waals surface area contributed by atoms with Crippen molar-refractivity contribution in [3.05, 3.63) is 41.8 Å². The second-order valence-electron chi connectivity index (χ2n) is 4.13. The van der Waals surface area contributed by atoms with Crippen molar-refractivity contribution >= 4 is 6.29 Å². The largest absolute Gasteiger partial charge is 0.573 e. The zero-order valence-corrected chi connectivity index (χ0v) is 11.1. The van der Waals surface area contributed by atoms with Gasteiger partial charge in [-0.3, -0.25) is 4.79 Å². The summed E-state index contributed by atoms with van der Waals surface area (Å²) in [5.74, 6) is -1.51. The van der Waals surface area contributed by atoms with Crippen LogP contribution in [-0.4, -0.2) is 24.7 Å². The number of hydrogen-bond donors (Lipinski definition) is 0. The Labute approximate surface area is 122 Å². The second kappa shape index (κ2) is 6.00. The first-order valence-electron chi connectivity index (χ1n) is 5.89. The molecular weight excluding hydrogens is 306 g/mol. The first kappa shape index (κ1) is 15.7. The van der Waals surface area contributed by atoms with Crippen LogP contribution in [0.3, 0.4) is 0 Å². The van der Waals surface area contributed by atoms with Crippen LogP contribution in [-0.2, 0) is 0 Å². The maximum absolute atomic E-state index is 13.9. The number of pyridine rings is 1. The van der Waals surface area contributed by atoms with Gasteiger partial charge in [-0.15, -0.1) is 13.2 Å². The topological polar surface area (TPSA) is 48.4 Å². The number of halogens is 4. The van der Waals surface area contributed by atoms with Gasteiger partial charge in [0, 0.05) is 22.8 Å². The van der Waals surface area contributed by atoms with E-state index in [4.69, 9.17) is 4.74 Å². The first-order chi connectivity index (χ1) is 10.3. The van der Waals surface area contributed by atoms with Crippen molar-refractivity contribution in [3.63, 3.8) is 0 Å². The standard InChI is InChI=1S/C14H9F4NO3/c1-21-13-5-9(11(15)6-19-13)10-4-8(7-20)2-3-12(10)22-14(16,17)18/h2-7H,1H3. The molecule has 0 N–H and O–H groups in total. The van der Waals surface area contributed by atoms with Crippen LogP contribution in [0.1, 0.15) is 10.4 Å². The van der Waals surface area contributed by atoms with E-state index in [0.717, 1.165) is 30.5 Å². The Morgan fingerprint density at radius 1 is 1.18 bits per heavy atom. The Balaban J connectivity index is 2.63. The van der Waals surface area contributed by atoms with E-state index >= 15 is 0 Å². The third kappa shape index (κ3) is 3.51. The first-order valence-corrected chi connectivity index (χ1v) is 5.89. The number of aromatic nitrogens is 1. The molecule has 0 spiro atoms. The van der Waals surface area contributed by atoms with Crippen molar-refractivity contribution in [1.82, 2.24) is 4.98 Å². The van der Waals surface area contributed by atoms with Crippen LogP contribution in [0.25, 0.3) is 11.1 Å². The third-order valence-corrected chi connectivity index (χ3v) is 2.69. The molecule has 0 aliphatic heterocycles. The number of hydrogen-bond acceptors (Lipinski definition) is 4. The van der Waals surface area contributed by atoms with Crippen molar-refractivity contribution in [2.45, 2.75) is 6.36 Å². The van der Waals surface area contributed by atoms with Gasteiger partial charge in [0.05, 0.1) is 13.3 Å². The van der Waals surface area contributed by atoms with Gasteiger partial charge < -0.3 is 9.47 Å². The van der Waals surface area contributed by atoms with Gasteiger partial charge >= 0.3 is 6.36 Å². The lowest BCUT2D eigenvalue weighted by molar-refractivity contribution is -0.274. The summed E-state index contributed by atoms with van der Waals surface area (Å²) in [6.07, 6.45) is -3.72.